The average Bonchev–Trinajstić information content (AvgIpc) is 3.98. The molecule has 0 saturated carbocycles. The van der Waals surface area contributed by atoms with Gasteiger partial charge in [-0.3, -0.25) is 9.55 Å². The van der Waals surface area contributed by atoms with Gasteiger partial charge >= 0.3 is 0 Å². The van der Waals surface area contributed by atoms with Crippen molar-refractivity contribution in [3.8, 4) is 67.5 Å². The zero-order valence-electron chi connectivity index (χ0n) is 55.4. The summed E-state index contributed by atoms with van der Waals surface area (Å²) >= 11 is 0. The predicted octanol–water partition coefficient (Wildman–Crippen LogP) is 18.8. The first-order chi connectivity index (χ1) is 37.9. The summed E-state index contributed by atoms with van der Waals surface area (Å²) in [5, 5.41) is 12.6. The predicted molar refractivity (Wildman–Crippen MR) is 300 cm³/mol. The van der Waals surface area contributed by atoms with E-state index in [-0.39, 0.29) is 44.7 Å². The summed E-state index contributed by atoms with van der Waals surface area (Å²) in [5.41, 5.74) is 8.59. The second-order valence-corrected chi connectivity index (χ2v) is 21.1. The van der Waals surface area contributed by atoms with Crippen molar-refractivity contribution >= 4 is 11.0 Å². The van der Waals surface area contributed by atoms with Crippen molar-refractivity contribution in [2.75, 3.05) is 0 Å². The Morgan fingerprint density at radius 3 is 1.90 bits per heavy atom. The summed E-state index contributed by atoms with van der Waals surface area (Å²) in [7, 11) is 0. The molecule has 0 radical (unpaired) electrons. The van der Waals surface area contributed by atoms with Crippen LogP contribution in [-0.2, 0) is 16.2 Å². The SMILES string of the molecule is [2H]c1c([2H])c(C([2H])([2H])[2H])c([2H])c([2H])c1-c1ccnc(-c2cc(-c3cccc4c3nc(-c3cc(C([2H])(C)C)cc(C([2H])(C)C)c3O)n4-c3ccc(-c4c(C(C)(CC)CC)cccc4C(C)(CC)CC)cc3C([2H])([2H])[2H])cc(C(C)(C)C)c2)c1. The van der Waals surface area contributed by atoms with Crippen LogP contribution in [0.25, 0.3) is 72.7 Å². The maximum Gasteiger partial charge on any atom is 0.149 e. The van der Waals surface area contributed by atoms with Crippen LogP contribution < -0.4 is 0 Å². The Labute approximate surface area is 437 Å². The number of rotatable bonds is 14. The van der Waals surface area contributed by atoms with Crippen LogP contribution in [0.4, 0.5) is 0 Å². The zero-order valence-corrected chi connectivity index (χ0v) is 43.4. The van der Waals surface area contributed by atoms with E-state index in [1.807, 2.05) is 48.5 Å². The quantitative estimate of drug-likeness (QED) is 0.118. The Bertz CT molecular complexity index is 3700. The molecule has 8 aromatic rings. The highest BCUT2D eigenvalue weighted by atomic mass is 16.3. The van der Waals surface area contributed by atoms with E-state index in [2.05, 4.69) is 86.6 Å². The van der Waals surface area contributed by atoms with Crippen LogP contribution in [0, 0.1) is 13.7 Å². The van der Waals surface area contributed by atoms with Gasteiger partial charge in [0.15, 0.2) is 0 Å². The van der Waals surface area contributed by atoms with Crippen molar-refractivity contribution < 1.29 is 21.6 Å². The fourth-order valence-electron chi connectivity index (χ4n) is 9.81. The Kier molecular flexibility index (Phi) is 10.2. The number of pyridine rings is 1. The Morgan fingerprint density at radius 1 is 0.643 bits per heavy atom. The van der Waals surface area contributed by atoms with Gasteiger partial charge in [0.25, 0.3) is 0 Å². The normalized spacial score (nSPS) is 15.6. The third-order valence-corrected chi connectivity index (χ3v) is 15.2. The third kappa shape index (κ3) is 9.27. The lowest BCUT2D eigenvalue weighted by atomic mass is 9.68. The molecule has 4 nitrogen and oxygen atoms in total. The summed E-state index contributed by atoms with van der Waals surface area (Å²) in [6.07, 6.45) is 5.00. The number of aryl methyl sites for hydroxylation is 1. The minimum atomic E-state index is -2.87. The molecule has 0 aliphatic heterocycles. The van der Waals surface area contributed by atoms with Crippen LogP contribution in [0.2, 0.25) is 0 Å². The van der Waals surface area contributed by atoms with Gasteiger partial charge in [-0.1, -0.05) is 168 Å². The van der Waals surface area contributed by atoms with Crippen LogP contribution in [0.15, 0.2) is 127 Å². The first-order valence-electron chi connectivity index (χ1n) is 30.9. The van der Waals surface area contributed by atoms with Crippen molar-refractivity contribution in [3.63, 3.8) is 0 Å². The highest BCUT2D eigenvalue weighted by molar-refractivity contribution is 5.97. The second kappa shape index (κ2) is 19.5. The molecule has 0 unspecified atom stereocenters. The molecule has 362 valence electrons. The number of hydrogen-bond acceptors (Lipinski definition) is 3. The monoisotopic (exact) mass is 940 g/mol. The fraction of sp³-hybridized carbons (Fsp3) is 0.364. The van der Waals surface area contributed by atoms with Crippen molar-refractivity contribution in [3.05, 3.63) is 166 Å². The topological polar surface area (TPSA) is 50.9 Å². The van der Waals surface area contributed by atoms with Crippen molar-refractivity contribution in [2.45, 2.75) is 157 Å². The molecule has 70 heavy (non-hydrogen) atoms. The van der Waals surface area contributed by atoms with Crippen LogP contribution in [0.5, 0.6) is 5.75 Å². The number of aromatic hydroxyl groups is 1. The van der Waals surface area contributed by atoms with E-state index in [1.165, 1.54) is 6.20 Å². The van der Waals surface area contributed by atoms with Crippen LogP contribution in [-0.4, -0.2) is 19.6 Å². The molecular formula is C66H77N3O. The molecule has 1 N–H and O–H groups in total. The van der Waals surface area contributed by atoms with Crippen molar-refractivity contribution in [1.82, 2.24) is 14.5 Å². The summed E-state index contributed by atoms with van der Waals surface area (Å²) in [6, 6.07) is 28.3. The third-order valence-electron chi connectivity index (χ3n) is 15.2. The molecule has 4 heteroatoms. The first kappa shape index (κ1) is 36.6. The number of imidazole rings is 1. The number of fused-ring (bicyclic) bond motifs is 1. The molecule has 6 aromatic carbocycles. The maximum absolute atomic E-state index is 12.6. The number of phenolic OH excluding ortho intramolecular Hbond substituents is 1. The molecule has 0 amide bonds. The zero-order chi connectivity index (χ0) is 60.8. The van der Waals surface area contributed by atoms with Crippen LogP contribution in [0.1, 0.15) is 183 Å². The van der Waals surface area contributed by atoms with E-state index in [0.29, 0.717) is 50.2 Å². The number of nitrogens with zero attached hydrogens (tertiary/aromatic N) is 3. The molecule has 2 heterocycles. The van der Waals surface area contributed by atoms with Crippen molar-refractivity contribution in [2.24, 2.45) is 0 Å². The Hall–Kier alpha value is -6.26. The molecule has 0 aliphatic carbocycles. The second-order valence-electron chi connectivity index (χ2n) is 21.1. The largest absolute Gasteiger partial charge is 0.507 e. The summed E-state index contributed by atoms with van der Waals surface area (Å²) in [6.45, 7) is 20.9. The lowest BCUT2D eigenvalue weighted by molar-refractivity contribution is 0.426. The molecule has 2 aromatic heterocycles. The van der Waals surface area contributed by atoms with Gasteiger partial charge in [-0.05, 0) is 177 Å². The van der Waals surface area contributed by atoms with Gasteiger partial charge in [0, 0.05) is 28.3 Å². The highest BCUT2D eigenvalue weighted by Crippen LogP contribution is 2.48. The van der Waals surface area contributed by atoms with Gasteiger partial charge in [-0.15, -0.1) is 0 Å². The Balaban J connectivity index is 1.48. The molecule has 0 bridgehead atoms. The van der Waals surface area contributed by atoms with Gasteiger partial charge in [0.05, 0.1) is 33.5 Å². The molecule has 0 atom stereocenters. The van der Waals surface area contributed by atoms with E-state index in [9.17, 15) is 12.0 Å². The van der Waals surface area contributed by atoms with Gasteiger partial charge in [0.1, 0.15) is 11.6 Å². The lowest BCUT2D eigenvalue weighted by Crippen LogP contribution is -2.25. The van der Waals surface area contributed by atoms with E-state index in [1.54, 1.807) is 56.5 Å². The van der Waals surface area contributed by atoms with E-state index < -0.39 is 60.6 Å². The number of benzene rings is 6. The van der Waals surface area contributed by atoms with E-state index in [4.69, 9.17) is 19.6 Å². The minimum absolute atomic E-state index is 0.0605. The number of para-hydroxylation sites is 1. The molecule has 8 rings (SSSR count). The highest BCUT2D eigenvalue weighted by Gasteiger charge is 2.33. The van der Waals surface area contributed by atoms with E-state index >= 15 is 0 Å². The van der Waals surface area contributed by atoms with Gasteiger partial charge in [0.2, 0.25) is 0 Å². The molecule has 0 aliphatic rings. The Morgan fingerprint density at radius 2 is 1.30 bits per heavy atom. The maximum atomic E-state index is 12.6. The standard InChI is InChI=1S/C66H77N3O/c1-16-65(14,17-2)55-23-21-24-56(66(15,18-3)19-4)60(55)47-30-31-58(44(10)34-47)69-59-25-20-22-52(61(59)68-63(69)54-39-48(41(5)6)38-53(42(7)8)62(54)70)49-35-50(37-51(36-49)64(11,12)13)57-40-46(32-33-67-57)45-28-26-43(9)27-29-45/h20-42,70H,16-19H2,1-15H3/i9D3,10D3,26D,27D,28D,29D,41D,42D. The van der Waals surface area contributed by atoms with Gasteiger partial charge < -0.3 is 5.11 Å². The number of aromatic nitrogens is 3. The summed E-state index contributed by atoms with van der Waals surface area (Å²) < 4.78 is 107. The number of phenols is 1. The van der Waals surface area contributed by atoms with Crippen LogP contribution in [0.3, 0.4) is 0 Å². The lowest BCUT2D eigenvalue weighted by Gasteiger charge is -2.36. The summed E-state index contributed by atoms with van der Waals surface area (Å²) in [4.78, 5) is 10.2. The van der Waals surface area contributed by atoms with Crippen molar-refractivity contribution in [1.29, 1.82) is 0 Å². The average molecular weight is 940 g/mol. The van der Waals surface area contributed by atoms with Gasteiger partial charge in [-0.25, -0.2) is 4.98 Å². The smallest absolute Gasteiger partial charge is 0.149 e. The molecular weight excluding hydrogens is 851 g/mol. The first-order valence-corrected chi connectivity index (χ1v) is 24.9. The molecule has 0 fully saturated rings. The molecule has 0 spiro atoms. The molecule has 0 saturated heterocycles. The van der Waals surface area contributed by atoms with Crippen LogP contribution >= 0.6 is 0 Å². The van der Waals surface area contributed by atoms with E-state index in [0.717, 1.165) is 53.5 Å². The fourth-order valence-corrected chi connectivity index (χ4v) is 9.81. The minimum Gasteiger partial charge on any atom is -0.507 e. The number of hydrogen-bond donors (Lipinski definition) is 1. The van der Waals surface area contributed by atoms with Gasteiger partial charge in [-0.2, -0.15) is 0 Å². The summed E-state index contributed by atoms with van der Waals surface area (Å²) in [5.74, 6) is -2.53.